The molecule has 1 saturated heterocycles. The lowest BCUT2D eigenvalue weighted by Gasteiger charge is -2.48. The number of non-ortho nitro benzene ring substituents is 1. The van der Waals surface area contributed by atoms with Crippen LogP contribution in [-0.4, -0.2) is 69.1 Å². The fourth-order valence-electron chi connectivity index (χ4n) is 3.46. The van der Waals surface area contributed by atoms with Gasteiger partial charge in [0.2, 0.25) is 0 Å². The Morgan fingerprint density at radius 1 is 1.29 bits per heavy atom. The summed E-state index contributed by atoms with van der Waals surface area (Å²) in [5, 5.41) is 18.7. The largest absolute Gasteiger partial charge is 0.456 e. The number of nitrogens with one attached hydrogen (secondary N) is 1. The van der Waals surface area contributed by atoms with Crippen LogP contribution in [0.5, 0.6) is 0 Å². The molecule has 0 bridgehead atoms. The van der Waals surface area contributed by atoms with Gasteiger partial charge in [0.1, 0.15) is 30.8 Å². The third kappa shape index (κ3) is 5.49. The number of ether oxygens (including phenoxy) is 1. The van der Waals surface area contributed by atoms with Crippen LogP contribution in [-0.2, 0) is 30.6 Å². The number of rotatable bonds is 8. The number of benzene rings is 1. The van der Waals surface area contributed by atoms with Crippen molar-refractivity contribution in [1.29, 1.82) is 0 Å². The van der Waals surface area contributed by atoms with E-state index in [-0.39, 0.29) is 23.7 Å². The van der Waals surface area contributed by atoms with Crippen LogP contribution in [0.25, 0.3) is 0 Å². The molecular formula is C21H20N4O7S3. The van der Waals surface area contributed by atoms with Gasteiger partial charge in [-0.05, 0) is 29.2 Å². The Kier molecular flexibility index (Phi) is 8.03. The number of nitrogens with zero attached hydrogens (tertiary/aromatic N) is 3. The quantitative estimate of drug-likeness (QED) is 0.173. The highest BCUT2D eigenvalue weighted by Crippen LogP contribution is 2.38. The van der Waals surface area contributed by atoms with E-state index in [1.807, 2.05) is 5.41 Å². The number of fused-ring (bicyclic) bond motifs is 1. The number of amides is 2. The Morgan fingerprint density at radius 3 is 2.71 bits per heavy atom. The molecular weight excluding hydrogens is 516 g/mol. The predicted octanol–water partition coefficient (Wildman–Crippen LogP) is 2.25. The van der Waals surface area contributed by atoms with Gasteiger partial charge in [0.15, 0.2) is 5.71 Å². The second kappa shape index (κ2) is 11.2. The highest BCUT2D eigenvalue weighted by atomic mass is 32.2. The zero-order chi connectivity index (χ0) is 24.9. The molecule has 3 aliphatic rings. The van der Waals surface area contributed by atoms with Gasteiger partial charge in [-0.1, -0.05) is 5.16 Å². The van der Waals surface area contributed by atoms with E-state index in [4.69, 9.17) is 9.57 Å². The molecule has 0 spiro atoms. The lowest BCUT2D eigenvalue weighted by atomic mass is 10.0. The van der Waals surface area contributed by atoms with E-state index in [9.17, 15) is 24.5 Å². The Morgan fingerprint density at radius 2 is 2.06 bits per heavy atom. The summed E-state index contributed by atoms with van der Waals surface area (Å²) in [5.41, 5.74) is 0.725. The monoisotopic (exact) mass is 536 g/mol. The maximum atomic E-state index is 12.9. The zero-order valence-corrected chi connectivity index (χ0v) is 20.8. The van der Waals surface area contributed by atoms with Gasteiger partial charge in [-0.15, -0.1) is 35.3 Å². The van der Waals surface area contributed by atoms with E-state index >= 15 is 0 Å². The number of thioether (sulfide) groups is 3. The summed E-state index contributed by atoms with van der Waals surface area (Å²) in [7, 11) is 1.35. The molecule has 0 saturated carbocycles. The zero-order valence-electron chi connectivity index (χ0n) is 18.4. The molecule has 1 N–H and O–H groups in total. The third-order valence-electron chi connectivity index (χ3n) is 5.14. The number of carbonyl (C=O) groups excluding carboxylic acids is 3. The average Bonchev–Trinajstić information content (AvgIpc) is 2.88. The van der Waals surface area contributed by atoms with Crippen LogP contribution in [0.15, 0.2) is 51.5 Å². The molecule has 35 heavy (non-hydrogen) atoms. The normalized spacial score (nSPS) is 21.7. The summed E-state index contributed by atoms with van der Waals surface area (Å²) < 4.78 is 5.32. The number of carbonyl (C=O) groups is 3. The average molecular weight is 537 g/mol. The predicted molar refractivity (Wildman–Crippen MR) is 133 cm³/mol. The van der Waals surface area contributed by atoms with E-state index in [1.54, 1.807) is 17.8 Å². The van der Waals surface area contributed by atoms with Crippen LogP contribution in [0.4, 0.5) is 5.69 Å². The van der Waals surface area contributed by atoms with Crippen molar-refractivity contribution in [3.05, 3.63) is 62.0 Å². The van der Waals surface area contributed by atoms with Crippen molar-refractivity contribution < 1.29 is 28.9 Å². The number of hydrogen-bond acceptors (Lipinski definition) is 11. The van der Waals surface area contributed by atoms with E-state index in [2.05, 4.69) is 10.5 Å². The molecule has 1 unspecified atom stereocenters. The molecule has 2 atom stereocenters. The van der Waals surface area contributed by atoms with Gasteiger partial charge >= 0.3 is 5.97 Å². The minimum absolute atomic E-state index is 0.0648. The smallest absolute Gasteiger partial charge is 0.355 e. The summed E-state index contributed by atoms with van der Waals surface area (Å²) in [6.45, 7) is -0.101. The highest BCUT2D eigenvalue weighted by Gasteiger charge is 2.53. The van der Waals surface area contributed by atoms with Crippen molar-refractivity contribution in [3.63, 3.8) is 0 Å². The Bertz CT molecular complexity index is 1140. The first-order valence-electron chi connectivity index (χ1n) is 10.3. The minimum atomic E-state index is -0.817. The number of nitro benzene ring substituents is 1. The summed E-state index contributed by atoms with van der Waals surface area (Å²) in [6.07, 6.45) is 1.60. The molecule has 1 aromatic carbocycles. The van der Waals surface area contributed by atoms with Crippen LogP contribution < -0.4 is 5.32 Å². The molecule has 0 aliphatic carbocycles. The second-order valence-corrected chi connectivity index (χ2v) is 10.6. The maximum absolute atomic E-state index is 12.9. The molecule has 14 heteroatoms. The van der Waals surface area contributed by atoms with Crippen molar-refractivity contribution in [2.24, 2.45) is 5.16 Å². The van der Waals surface area contributed by atoms with Crippen LogP contribution in [0.3, 0.4) is 0 Å². The van der Waals surface area contributed by atoms with Crippen LogP contribution in [0, 0.1) is 10.1 Å². The van der Waals surface area contributed by atoms with Crippen molar-refractivity contribution in [1.82, 2.24) is 10.2 Å². The number of nitro groups is 1. The summed E-state index contributed by atoms with van der Waals surface area (Å²) in [6, 6.07) is 4.82. The van der Waals surface area contributed by atoms with Crippen LogP contribution in [0.2, 0.25) is 0 Å². The highest BCUT2D eigenvalue weighted by molar-refractivity contribution is 8.10. The van der Waals surface area contributed by atoms with E-state index in [0.29, 0.717) is 16.2 Å². The molecule has 11 nitrogen and oxygen atoms in total. The Hall–Kier alpha value is -2.97. The lowest BCUT2D eigenvalue weighted by molar-refractivity contribution is -0.384. The Labute approximate surface area is 212 Å². The molecule has 1 fully saturated rings. The molecule has 3 aliphatic heterocycles. The molecule has 2 amide bonds. The van der Waals surface area contributed by atoms with Crippen molar-refractivity contribution in [2.75, 3.05) is 24.4 Å². The maximum Gasteiger partial charge on any atom is 0.355 e. The topological polar surface area (TPSA) is 140 Å². The second-order valence-electron chi connectivity index (χ2n) is 7.30. The van der Waals surface area contributed by atoms with Gasteiger partial charge < -0.3 is 14.9 Å². The lowest BCUT2D eigenvalue weighted by Crippen LogP contribution is -2.70. The molecule has 4 rings (SSSR count). The first-order chi connectivity index (χ1) is 16.9. The first kappa shape index (κ1) is 25.1. The molecule has 1 aromatic rings. The SMILES string of the molecule is CO/N=C(\C(=O)NC1C(=O)N2C(C(=O)OCc3ccc([N+](=O)[O-])cc3)=CCS[C@H]12)C1=CSCCS1. The summed E-state index contributed by atoms with van der Waals surface area (Å²) in [5.74, 6) is 0.583. The van der Waals surface area contributed by atoms with Gasteiger partial charge in [-0.3, -0.25) is 24.6 Å². The van der Waals surface area contributed by atoms with Crippen LogP contribution in [0.1, 0.15) is 5.56 Å². The number of β-lactam (4-membered cyclic amide) rings is 1. The van der Waals surface area contributed by atoms with Gasteiger partial charge in [-0.25, -0.2) is 4.79 Å². The van der Waals surface area contributed by atoms with Crippen molar-refractivity contribution >= 4 is 64.5 Å². The Balaban J connectivity index is 1.37. The van der Waals surface area contributed by atoms with Crippen molar-refractivity contribution in [2.45, 2.75) is 18.0 Å². The molecule has 0 radical (unpaired) electrons. The number of esters is 1. The van der Waals surface area contributed by atoms with E-state index in [0.717, 1.165) is 11.5 Å². The summed E-state index contributed by atoms with van der Waals surface area (Å²) in [4.78, 5) is 55.5. The first-order valence-corrected chi connectivity index (χ1v) is 13.4. The standard InChI is InChI=1S/C21H20N4O7S3/c1-31-23-16(15-11-33-8-9-34-15)18(26)22-17-19(27)24-14(6-7-35-20(17)24)21(28)32-10-12-2-4-13(5-3-12)25(29)30/h2-6,11,17,20H,7-10H2,1H3,(H,22,26)/b23-16-/t17?,20-/m1/s1. The van der Waals surface area contributed by atoms with Crippen LogP contribution >= 0.6 is 35.3 Å². The van der Waals surface area contributed by atoms with Gasteiger partial charge in [0.05, 0.1) is 4.92 Å². The number of hydrogen-bond donors (Lipinski definition) is 1. The summed E-state index contributed by atoms with van der Waals surface area (Å²) >= 11 is 4.48. The van der Waals surface area contributed by atoms with Crippen molar-refractivity contribution in [3.8, 4) is 0 Å². The van der Waals surface area contributed by atoms with E-state index in [1.165, 1.54) is 59.8 Å². The minimum Gasteiger partial charge on any atom is -0.456 e. The molecule has 184 valence electrons. The van der Waals surface area contributed by atoms with Gasteiger partial charge in [0.25, 0.3) is 17.5 Å². The van der Waals surface area contributed by atoms with Gasteiger partial charge in [-0.2, -0.15) is 0 Å². The molecule has 3 heterocycles. The molecule has 0 aromatic heterocycles. The fraction of sp³-hybridized carbons (Fsp3) is 0.333. The number of oxime groups is 1. The fourth-order valence-corrected chi connectivity index (χ4v) is 6.71. The van der Waals surface area contributed by atoms with Gasteiger partial charge in [0, 0.05) is 34.3 Å². The third-order valence-corrected chi connectivity index (χ3v) is 8.60. The van der Waals surface area contributed by atoms with E-state index < -0.39 is 34.1 Å².